The summed E-state index contributed by atoms with van der Waals surface area (Å²) in [6.45, 7) is 0. The molecule has 1 nitrogen and oxygen atoms in total. The number of carbonyl (C=O) groups is 1. The highest BCUT2D eigenvalue weighted by Crippen LogP contribution is 2.34. The first-order valence-electron chi connectivity index (χ1n) is 3.55. The van der Waals surface area contributed by atoms with Gasteiger partial charge in [-0.1, -0.05) is 17.7 Å². The van der Waals surface area contributed by atoms with Crippen LogP contribution in [-0.2, 0) is 11.2 Å². The third-order valence-corrected chi connectivity index (χ3v) is 2.35. The van der Waals surface area contributed by atoms with E-state index in [0.717, 1.165) is 23.3 Å². The zero-order valence-corrected chi connectivity index (χ0v) is 6.64. The summed E-state index contributed by atoms with van der Waals surface area (Å²) in [4.78, 5) is 10.4. The number of hydrogen-bond acceptors (Lipinski definition) is 1. The molecule has 1 aromatic rings. The van der Waals surface area contributed by atoms with Crippen molar-refractivity contribution in [3.63, 3.8) is 0 Å². The second-order valence-electron chi connectivity index (χ2n) is 2.79. The molecule has 0 aliphatic heterocycles. The van der Waals surface area contributed by atoms with Crippen LogP contribution in [0, 0.1) is 0 Å². The summed E-state index contributed by atoms with van der Waals surface area (Å²) in [6.07, 6.45) is 1.87. The van der Waals surface area contributed by atoms with Crippen molar-refractivity contribution in [3.8, 4) is 0 Å². The van der Waals surface area contributed by atoms with E-state index in [1.165, 1.54) is 5.56 Å². The topological polar surface area (TPSA) is 17.1 Å². The van der Waals surface area contributed by atoms with Crippen molar-refractivity contribution in [1.82, 2.24) is 0 Å². The zero-order chi connectivity index (χ0) is 7.84. The number of rotatable bonds is 1. The highest BCUT2D eigenvalue weighted by atomic mass is 35.5. The van der Waals surface area contributed by atoms with Gasteiger partial charge in [-0.2, -0.15) is 0 Å². The number of benzene rings is 1. The normalized spacial score (nSPS) is 20.3. The van der Waals surface area contributed by atoms with Crippen LogP contribution < -0.4 is 0 Å². The van der Waals surface area contributed by atoms with Gasteiger partial charge in [-0.25, -0.2) is 0 Å². The van der Waals surface area contributed by atoms with Gasteiger partial charge in [-0.05, 0) is 29.7 Å². The van der Waals surface area contributed by atoms with Crippen LogP contribution in [0.3, 0.4) is 0 Å². The molecule has 0 heterocycles. The number of fused-ring (bicyclic) bond motifs is 1. The maximum Gasteiger partial charge on any atom is 0.127 e. The molecule has 1 aliphatic carbocycles. The molecule has 1 atom stereocenters. The van der Waals surface area contributed by atoms with E-state index in [2.05, 4.69) is 0 Å². The van der Waals surface area contributed by atoms with Crippen LogP contribution in [0.15, 0.2) is 18.2 Å². The number of carbonyl (C=O) groups excluding carboxylic acids is 1. The van der Waals surface area contributed by atoms with Gasteiger partial charge in [-0.15, -0.1) is 0 Å². The minimum atomic E-state index is 0.101. The summed E-state index contributed by atoms with van der Waals surface area (Å²) in [5.74, 6) is 0.101. The first-order valence-corrected chi connectivity index (χ1v) is 3.92. The van der Waals surface area contributed by atoms with Gasteiger partial charge in [0.25, 0.3) is 0 Å². The molecule has 0 amide bonds. The van der Waals surface area contributed by atoms with Crippen molar-refractivity contribution in [2.24, 2.45) is 0 Å². The van der Waals surface area contributed by atoms with Crippen LogP contribution in [0.4, 0.5) is 0 Å². The van der Waals surface area contributed by atoms with Crippen LogP contribution in [0.1, 0.15) is 17.0 Å². The van der Waals surface area contributed by atoms with Crippen molar-refractivity contribution in [1.29, 1.82) is 0 Å². The van der Waals surface area contributed by atoms with Crippen LogP contribution in [0.25, 0.3) is 0 Å². The smallest absolute Gasteiger partial charge is 0.127 e. The van der Waals surface area contributed by atoms with Gasteiger partial charge in [-0.3, -0.25) is 0 Å². The lowest BCUT2D eigenvalue weighted by Gasteiger charge is -2.25. The maximum atomic E-state index is 10.4. The van der Waals surface area contributed by atoms with Gasteiger partial charge in [0.05, 0.1) is 0 Å². The van der Waals surface area contributed by atoms with E-state index < -0.39 is 0 Å². The zero-order valence-electron chi connectivity index (χ0n) is 5.88. The minimum Gasteiger partial charge on any atom is -0.303 e. The summed E-state index contributed by atoms with van der Waals surface area (Å²) < 4.78 is 0. The summed E-state index contributed by atoms with van der Waals surface area (Å²) in [6, 6.07) is 5.72. The summed E-state index contributed by atoms with van der Waals surface area (Å²) in [7, 11) is 0. The Bertz CT molecular complexity index is 306. The van der Waals surface area contributed by atoms with Crippen molar-refractivity contribution < 1.29 is 4.79 Å². The van der Waals surface area contributed by atoms with Crippen LogP contribution in [-0.4, -0.2) is 6.29 Å². The maximum absolute atomic E-state index is 10.4. The molecule has 11 heavy (non-hydrogen) atoms. The minimum absolute atomic E-state index is 0.101. The summed E-state index contributed by atoms with van der Waals surface area (Å²) in [5, 5.41) is 0.718. The van der Waals surface area contributed by atoms with Gasteiger partial charge in [0, 0.05) is 10.9 Å². The molecule has 1 aliphatic rings. The third-order valence-electron chi connectivity index (χ3n) is 2.11. The highest BCUT2D eigenvalue weighted by molar-refractivity contribution is 6.30. The quantitative estimate of drug-likeness (QED) is 0.585. The Balaban J connectivity index is 2.44. The molecule has 0 saturated carbocycles. The monoisotopic (exact) mass is 166 g/mol. The lowest BCUT2D eigenvalue weighted by atomic mass is 9.79. The lowest BCUT2D eigenvalue weighted by Crippen LogP contribution is -2.17. The van der Waals surface area contributed by atoms with Crippen molar-refractivity contribution in [3.05, 3.63) is 34.3 Å². The molecule has 2 heteroatoms. The summed E-state index contributed by atoms with van der Waals surface area (Å²) in [5.41, 5.74) is 2.36. The van der Waals surface area contributed by atoms with E-state index in [4.69, 9.17) is 11.6 Å². The Hall–Kier alpha value is -0.820. The average molecular weight is 167 g/mol. The second-order valence-corrected chi connectivity index (χ2v) is 3.23. The van der Waals surface area contributed by atoms with Crippen LogP contribution in [0.5, 0.6) is 0 Å². The SMILES string of the molecule is O=CC1Cc2ccc(Cl)cc21. The first kappa shape index (κ1) is 6.86. The predicted octanol–water partition coefficient (Wildman–Crippen LogP) is 2.18. The standard InChI is InChI=1S/C9H7ClO/c10-8-2-1-6-3-7(5-11)9(6)4-8/h1-2,4-5,7H,3H2. The van der Waals surface area contributed by atoms with Gasteiger partial charge >= 0.3 is 0 Å². The Morgan fingerprint density at radius 3 is 3.09 bits per heavy atom. The first-order chi connectivity index (χ1) is 5.31. The van der Waals surface area contributed by atoms with Gasteiger partial charge in [0.2, 0.25) is 0 Å². The molecule has 1 unspecified atom stereocenters. The van der Waals surface area contributed by atoms with E-state index >= 15 is 0 Å². The fraction of sp³-hybridized carbons (Fsp3) is 0.222. The van der Waals surface area contributed by atoms with Crippen molar-refractivity contribution >= 4 is 17.9 Å². The van der Waals surface area contributed by atoms with E-state index in [0.29, 0.717) is 0 Å². The Kier molecular flexibility index (Phi) is 1.46. The molecule has 56 valence electrons. The number of hydrogen-bond donors (Lipinski definition) is 0. The summed E-state index contributed by atoms with van der Waals surface area (Å²) >= 11 is 5.76. The second kappa shape index (κ2) is 2.35. The molecule has 0 aromatic heterocycles. The molecule has 0 spiro atoms. The highest BCUT2D eigenvalue weighted by Gasteiger charge is 2.24. The molecule has 0 radical (unpaired) electrons. The molecule has 0 N–H and O–H groups in total. The predicted molar refractivity (Wildman–Crippen MR) is 44.0 cm³/mol. The Labute approximate surface area is 70.0 Å². The number of aldehydes is 1. The molecule has 0 bridgehead atoms. The lowest BCUT2D eigenvalue weighted by molar-refractivity contribution is -0.109. The largest absolute Gasteiger partial charge is 0.303 e. The van der Waals surface area contributed by atoms with E-state index in [-0.39, 0.29) is 5.92 Å². The fourth-order valence-electron chi connectivity index (χ4n) is 1.43. The van der Waals surface area contributed by atoms with Crippen LogP contribution in [0.2, 0.25) is 5.02 Å². The van der Waals surface area contributed by atoms with Gasteiger partial charge in [0.15, 0.2) is 0 Å². The van der Waals surface area contributed by atoms with E-state index in [9.17, 15) is 4.79 Å². The van der Waals surface area contributed by atoms with Crippen LogP contribution >= 0.6 is 11.6 Å². The fourth-order valence-corrected chi connectivity index (χ4v) is 1.61. The number of halogens is 1. The third kappa shape index (κ3) is 0.962. The Morgan fingerprint density at radius 1 is 1.55 bits per heavy atom. The molecule has 2 rings (SSSR count). The molecular formula is C9H7ClO. The van der Waals surface area contributed by atoms with Crippen molar-refractivity contribution in [2.45, 2.75) is 12.3 Å². The van der Waals surface area contributed by atoms with Crippen molar-refractivity contribution in [2.75, 3.05) is 0 Å². The van der Waals surface area contributed by atoms with Gasteiger partial charge in [0.1, 0.15) is 6.29 Å². The molecule has 0 saturated heterocycles. The molecule has 1 aromatic carbocycles. The van der Waals surface area contributed by atoms with Gasteiger partial charge < -0.3 is 4.79 Å². The average Bonchev–Trinajstić information content (AvgIpc) is 1.97. The molecular weight excluding hydrogens is 160 g/mol. The van der Waals surface area contributed by atoms with E-state index in [1.807, 2.05) is 18.2 Å². The Morgan fingerprint density at radius 2 is 2.36 bits per heavy atom. The molecule has 0 fully saturated rings. The van der Waals surface area contributed by atoms with E-state index in [1.54, 1.807) is 0 Å².